The first-order valence-corrected chi connectivity index (χ1v) is 6.09. The SMILES string of the molecule is CCOCC1COCCN1C(=O)OC(C)(C)C. The van der Waals surface area contributed by atoms with Gasteiger partial charge in [-0.25, -0.2) is 4.79 Å². The zero-order valence-corrected chi connectivity index (χ0v) is 11.2. The Bertz CT molecular complexity index is 249. The van der Waals surface area contributed by atoms with Crippen molar-refractivity contribution in [2.45, 2.75) is 39.3 Å². The van der Waals surface area contributed by atoms with E-state index < -0.39 is 5.60 Å². The van der Waals surface area contributed by atoms with Crippen LogP contribution in [0, 0.1) is 0 Å². The second-order valence-electron chi connectivity index (χ2n) is 5.06. The van der Waals surface area contributed by atoms with Crippen LogP contribution < -0.4 is 0 Å². The largest absolute Gasteiger partial charge is 0.444 e. The van der Waals surface area contributed by atoms with Crippen LogP contribution in [0.4, 0.5) is 4.79 Å². The normalized spacial score (nSPS) is 21.4. The molecule has 0 N–H and O–H groups in total. The third-order valence-corrected chi connectivity index (χ3v) is 2.37. The zero-order valence-electron chi connectivity index (χ0n) is 11.2. The molecule has 5 nitrogen and oxygen atoms in total. The van der Waals surface area contributed by atoms with Crippen LogP contribution in [0.1, 0.15) is 27.7 Å². The van der Waals surface area contributed by atoms with Crippen LogP contribution in [0.3, 0.4) is 0 Å². The molecule has 1 atom stereocenters. The molecular weight excluding hydrogens is 222 g/mol. The number of carbonyl (C=O) groups excluding carboxylic acids is 1. The molecule has 5 heteroatoms. The molecule has 1 fully saturated rings. The lowest BCUT2D eigenvalue weighted by Crippen LogP contribution is -2.52. The Morgan fingerprint density at radius 3 is 2.76 bits per heavy atom. The molecule has 0 saturated carbocycles. The molecule has 1 saturated heterocycles. The Hall–Kier alpha value is -0.810. The summed E-state index contributed by atoms with van der Waals surface area (Å²) in [5.41, 5.74) is -0.467. The van der Waals surface area contributed by atoms with E-state index in [0.29, 0.717) is 33.0 Å². The lowest BCUT2D eigenvalue weighted by Gasteiger charge is -2.36. The monoisotopic (exact) mass is 245 g/mol. The quantitative estimate of drug-likeness (QED) is 0.758. The van der Waals surface area contributed by atoms with E-state index in [0.717, 1.165) is 0 Å². The van der Waals surface area contributed by atoms with E-state index in [1.165, 1.54) is 0 Å². The maximum atomic E-state index is 12.0. The molecule has 1 heterocycles. The number of amides is 1. The van der Waals surface area contributed by atoms with Crippen LogP contribution in [-0.4, -0.2) is 55.6 Å². The van der Waals surface area contributed by atoms with Gasteiger partial charge in [0.15, 0.2) is 0 Å². The first-order valence-electron chi connectivity index (χ1n) is 6.09. The fourth-order valence-electron chi connectivity index (χ4n) is 1.61. The van der Waals surface area contributed by atoms with E-state index in [9.17, 15) is 4.79 Å². The fraction of sp³-hybridized carbons (Fsp3) is 0.917. The second-order valence-corrected chi connectivity index (χ2v) is 5.06. The molecule has 1 aliphatic rings. The second kappa shape index (κ2) is 6.21. The van der Waals surface area contributed by atoms with E-state index in [4.69, 9.17) is 14.2 Å². The Balaban J connectivity index is 2.54. The number of morpholine rings is 1. The van der Waals surface area contributed by atoms with Crippen molar-refractivity contribution in [2.24, 2.45) is 0 Å². The summed E-state index contributed by atoms with van der Waals surface area (Å²) in [6.45, 7) is 10.3. The molecule has 1 aliphatic heterocycles. The summed E-state index contributed by atoms with van der Waals surface area (Å²) in [7, 11) is 0. The number of carbonyl (C=O) groups is 1. The Kier molecular flexibility index (Phi) is 5.21. The smallest absolute Gasteiger partial charge is 0.410 e. The van der Waals surface area contributed by atoms with Crippen molar-refractivity contribution >= 4 is 6.09 Å². The number of hydrogen-bond acceptors (Lipinski definition) is 4. The number of rotatable bonds is 3. The van der Waals surface area contributed by atoms with Gasteiger partial charge in [-0.3, -0.25) is 4.90 Å². The maximum absolute atomic E-state index is 12.0. The third kappa shape index (κ3) is 4.91. The zero-order chi connectivity index (χ0) is 12.9. The van der Waals surface area contributed by atoms with E-state index in [1.54, 1.807) is 4.90 Å². The van der Waals surface area contributed by atoms with Gasteiger partial charge in [0.05, 0.1) is 25.9 Å². The minimum atomic E-state index is -0.467. The molecule has 0 aliphatic carbocycles. The summed E-state index contributed by atoms with van der Waals surface area (Å²) in [4.78, 5) is 13.7. The van der Waals surface area contributed by atoms with Gasteiger partial charge in [-0.2, -0.15) is 0 Å². The van der Waals surface area contributed by atoms with Crippen LogP contribution in [0.5, 0.6) is 0 Å². The van der Waals surface area contributed by atoms with E-state index in [-0.39, 0.29) is 12.1 Å². The Labute approximate surface area is 103 Å². The lowest BCUT2D eigenvalue weighted by molar-refractivity contribution is -0.0532. The molecule has 1 amide bonds. The highest BCUT2D eigenvalue weighted by Crippen LogP contribution is 2.14. The minimum absolute atomic E-state index is 0.0430. The van der Waals surface area contributed by atoms with Crippen LogP contribution >= 0.6 is 0 Å². The van der Waals surface area contributed by atoms with Crippen molar-refractivity contribution in [3.8, 4) is 0 Å². The summed E-state index contributed by atoms with van der Waals surface area (Å²) >= 11 is 0. The molecule has 0 bridgehead atoms. The Morgan fingerprint density at radius 2 is 2.18 bits per heavy atom. The van der Waals surface area contributed by atoms with Gasteiger partial charge in [-0.1, -0.05) is 0 Å². The van der Waals surface area contributed by atoms with E-state index in [2.05, 4.69) is 0 Å². The average molecular weight is 245 g/mol. The van der Waals surface area contributed by atoms with Crippen molar-refractivity contribution in [1.82, 2.24) is 4.90 Å². The summed E-state index contributed by atoms with van der Waals surface area (Å²) in [6.07, 6.45) is -0.287. The van der Waals surface area contributed by atoms with Gasteiger partial charge in [0, 0.05) is 13.2 Å². The van der Waals surface area contributed by atoms with Gasteiger partial charge in [0.1, 0.15) is 5.60 Å². The molecule has 0 aromatic heterocycles. The van der Waals surface area contributed by atoms with Gasteiger partial charge >= 0.3 is 6.09 Å². The molecule has 0 aromatic rings. The van der Waals surface area contributed by atoms with Crippen molar-refractivity contribution in [2.75, 3.05) is 33.0 Å². The molecule has 0 aromatic carbocycles. The summed E-state index contributed by atoms with van der Waals surface area (Å²) < 4.78 is 16.1. The molecule has 100 valence electrons. The first kappa shape index (κ1) is 14.3. The molecule has 0 radical (unpaired) electrons. The highest BCUT2D eigenvalue weighted by molar-refractivity contribution is 5.68. The number of ether oxygens (including phenoxy) is 3. The fourth-order valence-corrected chi connectivity index (χ4v) is 1.61. The van der Waals surface area contributed by atoms with Crippen LogP contribution in [0.2, 0.25) is 0 Å². The number of hydrogen-bond donors (Lipinski definition) is 0. The van der Waals surface area contributed by atoms with Crippen molar-refractivity contribution in [3.05, 3.63) is 0 Å². The van der Waals surface area contributed by atoms with Crippen molar-refractivity contribution in [3.63, 3.8) is 0 Å². The van der Waals surface area contributed by atoms with Gasteiger partial charge in [-0.15, -0.1) is 0 Å². The van der Waals surface area contributed by atoms with Crippen LogP contribution in [0.25, 0.3) is 0 Å². The molecule has 1 rings (SSSR count). The van der Waals surface area contributed by atoms with E-state index >= 15 is 0 Å². The molecule has 17 heavy (non-hydrogen) atoms. The van der Waals surface area contributed by atoms with Gasteiger partial charge in [-0.05, 0) is 27.7 Å². The standard InChI is InChI=1S/C12H23NO4/c1-5-15-8-10-9-16-7-6-13(10)11(14)17-12(2,3)4/h10H,5-9H2,1-4H3. The Morgan fingerprint density at radius 1 is 1.47 bits per heavy atom. The first-order chi connectivity index (χ1) is 7.94. The van der Waals surface area contributed by atoms with Crippen LogP contribution in [0.15, 0.2) is 0 Å². The highest BCUT2D eigenvalue weighted by atomic mass is 16.6. The predicted molar refractivity (Wildman–Crippen MR) is 64.0 cm³/mol. The topological polar surface area (TPSA) is 48.0 Å². The summed E-state index contributed by atoms with van der Waals surface area (Å²) in [6, 6.07) is -0.0430. The molecule has 1 unspecified atom stereocenters. The van der Waals surface area contributed by atoms with Crippen LogP contribution in [-0.2, 0) is 14.2 Å². The maximum Gasteiger partial charge on any atom is 0.410 e. The number of nitrogens with zero attached hydrogens (tertiary/aromatic N) is 1. The lowest BCUT2D eigenvalue weighted by atomic mass is 10.2. The highest BCUT2D eigenvalue weighted by Gasteiger charge is 2.30. The van der Waals surface area contributed by atoms with Gasteiger partial charge in [0.2, 0.25) is 0 Å². The predicted octanol–water partition coefficient (Wildman–Crippen LogP) is 1.66. The van der Waals surface area contributed by atoms with Gasteiger partial charge < -0.3 is 14.2 Å². The molecular formula is C12H23NO4. The van der Waals surface area contributed by atoms with E-state index in [1.807, 2.05) is 27.7 Å². The van der Waals surface area contributed by atoms with Gasteiger partial charge in [0.25, 0.3) is 0 Å². The van der Waals surface area contributed by atoms with Crippen molar-refractivity contribution in [1.29, 1.82) is 0 Å². The summed E-state index contributed by atoms with van der Waals surface area (Å²) in [5.74, 6) is 0. The third-order valence-electron chi connectivity index (χ3n) is 2.37. The summed E-state index contributed by atoms with van der Waals surface area (Å²) in [5, 5.41) is 0. The van der Waals surface area contributed by atoms with Crippen molar-refractivity contribution < 1.29 is 19.0 Å². The average Bonchev–Trinajstić information content (AvgIpc) is 2.24. The minimum Gasteiger partial charge on any atom is -0.444 e. The molecule has 0 spiro atoms.